The summed E-state index contributed by atoms with van der Waals surface area (Å²) in [5, 5.41) is 0. The zero-order chi connectivity index (χ0) is 9.68. The molecule has 0 aliphatic heterocycles. The zero-order valence-electron chi connectivity index (χ0n) is 7.29. The van der Waals surface area contributed by atoms with Crippen molar-refractivity contribution in [3.05, 3.63) is 29.6 Å². The van der Waals surface area contributed by atoms with Crippen LogP contribution in [0.1, 0.15) is 23.0 Å². The van der Waals surface area contributed by atoms with Crippen molar-refractivity contribution in [1.82, 2.24) is 4.98 Å². The Hall–Kier alpha value is -1.09. The summed E-state index contributed by atoms with van der Waals surface area (Å²) in [6.07, 6.45) is 1.47. The molecule has 0 saturated carbocycles. The van der Waals surface area contributed by atoms with Gasteiger partial charge in [-0.1, -0.05) is 0 Å². The van der Waals surface area contributed by atoms with Gasteiger partial charge in [-0.25, -0.2) is 4.79 Å². The average molecular weight is 200 g/mol. The summed E-state index contributed by atoms with van der Waals surface area (Å²) in [5.41, 5.74) is 1.20. The van der Waals surface area contributed by atoms with Crippen molar-refractivity contribution in [3.63, 3.8) is 0 Å². The maximum atomic E-state index is 11.1. The number of esters is 1. The first-order chi connectivity index (χ1) is 6.27. The van der Waals surface area contributed by atoms with Crippen LogP contribution in [-0.4, -0.2) is 17.6 Å². The van der Waals surface area contributed by atoms with Crippen LogP contribution in [-0.2, 0) is 10.6 Å². The lowest BCUT2D eigenvalue weighted by Gasteiger charge is -2.00. The van der Waals surface area contributed by atoms with Crippen LogP contribution >= 0.6 is 11.6 Å². The fraction of sp³-hybridized carbons (Fsp3) is 0.333. The number of alkyl halides is 1. The lowest BCUT2D eigenvalue weighted by atomic mass is 10.2. The highest BCUT2D eigenvalue weighted by Gasteiger charge is 2.05. The Labute approximate surface area is 81.7 Å². The number of aromatic nitrogens is 1. The molecule has 1 aromatic heterocycles. The quantitative estimate of drug-likeness (QED) is 0.552. The maximum absolute atomic E-state index is 11.1. The van der Waals surface area contributed by atoms with Crippen LogP contribution in [0.4, 0.5) is 0 Å². The smallest absolute Gasteiger partial charge is 0.339 e. The van der Waals surface area contributed by atoms with Gasteiger partial charge in [0.15, 0.2) is 0 Å². The molecular weight excluding hydrogens is 190 g/mol. The highest BCUT2D eigenvalue weighted by molar-refractivity contribution is 6.16. The maximum Gasteiger partial charge on any atom is 0.339 e. The molecule has 70 valence electrons. The van der Waals surface area contributed by atoms with E-state index in [0.29, 0.717) is 18.1 Å². The van der Waals surface area contributed by atoms with Crippen molar-refractivity contribution in [2.45, 2.75) is 12.8 Å². The van der Waals surface area contributed by atoms with Crippen molar-refractivity contribution >= 4 is 17.6 Å². The number of hydrogen-bond donors (Lipinski definition) is 0. The molecule has 0 unspecified atom stereocenters. The average Bonchev–Trinajstić information content (AvgIpc) is 2.18. The third-order valence-corrected chi connectivity index (χ3v) is 1.75. The number of carbonyl (C=O) groups excluding carboxylic acids is 1. The summed E-state index contributed by atoms with van der Waals surface area (Å²) in [4.78, 5) is 15.1. The van der Waals surface area contributed by atoms with E-state index in [1.165, 1.54) is 6.20 Å². The molecule has 1 rings (SSSR count). The second-order valence-electron chi connectivity index (χ2n) is 2.39. The molecule has 0 fully saturated rings. The molecule has 0 N–H and O–H groups in total. The van der Waals surface area contributed by atoms with E-state index in [1.807, 2.05) is 0 Å². The summed E-state index contributed by atoms with van der Waals surface area (Å²) >= 11 is 5.54. The second kappa shape index (κ2) is 4.82. The molecule has 4 heteroatoms. The predicted molar refractivity (Wildman–Crippen MR) is 49.8 cm³/mol. The molecule has 0 saturated heterocycles. The van der Waals surface area contributed by atoms with Crippen molar-refractivity contribution in [2.24, 2.45) is 0 Å². The largest absolute Gasteiger partial charge is 0.462 e. The summed E-state index contributed by atoms with van der Waals surface area (Å²) < 4.78 is 4.79. The minimum atomic E-state index is -0.351. The van der Waals surface area contributed by atoms with Gasteiger partial charge < -0.3 is 4.74 Å². The highest BCUT2D eigenvalue weighted by atomic mass is 35.5. The van der Waals surface area contributed by atoms with Gasteiger partial charge in [-0.05, 0) is 19.1 Å². The number of ether oxygens (including phenoxy) is 1. The van der Waals surface area contributed by atoms with Crippen LogP contribution in [0, 0.1) is 0 Å². The molecule has 13 heavy (non-hydrogen) atoms. The van der Waals surface area contributed by atoms with Gasteiger partial charge in [-0.2, -0.15) is 0 Å². The SMILES string of the molecule is CCOC(=O)c1ccc(CCl)nc1. The van der Waals surface area contributed by atoms with Crippen molar-refractivity contribution < 1.29 is 9.53 Å². The second-order valence-corrected chi connectivity index (χ2v) is 2.66. The fourth-order valence-electron chi connectivity index (χ4n) is 0.839. The van der Waals surface area contributed by atoms with Crippen molar-refractivity contribution in [3.8, 4) is 0 Å². The van der Waals surface area contributed by atoms with Crippen LogP contribution in [0.25, 0.3) is 0 Å². The molecule has 0 aliphatic rings. The lowest BCUT2D eigenvalue weighted by Crippen LogP contribution is -2.05. The Bertz CT molecular complexity index is 284. The van der Waals surface area contributed by atoms with E-state index < -0.39 is 0 Å². The Morgan fingerprint density at radius 2 is 2.38 bits per heavy atom. The lowest BCUT2D eigenvalue weighted by molar-refractivity contribution is 0.0526. The monoisotopic (exact) mass is 199 g/mol. The van der Waals surface area contributed by atoms with Crippen molar-refractivity contribution in [1.29, 1.82) is 0 Å². The van der Waals surface area contributed by atoms with E-state index in [-0.39, 0.29) is 5.97 Å². The van der Waals surface area contributed by atoms with Crippen LogP contribution in [0.5, 0.6) is 0 Å². The van der Waals surface area contributed by atoms with Gasteiger partial charge in [0.05, 0.1) is 23.7 Å². The van der Waals surface area contributed by atoms with E-state index in [0.717, 1.165) is 5.69 Å². The van der Waals surface area contributed by atoms with Gasteiger partial charge in [0.25, 0.3) is 0 Å². The molecule has 0 aromatic carbocycles. The number of rotatable bonds is 3. The highest BCUT2D eigenvalue weighted by Crippen LogP contribution is 2.04. The topological polar surface area (TPSA) is 39.2 Å². The first-order valence-corrected chi connectivity index (χ1v) is 4.49. The van der Waals surface area contributed by atoms with Gasteiger partial charge in [-0.15, -0.1) is 11.6 Å². The van der Waals surface area contributed by atoms with E-state index in [1.54, 1.807) is 19.1 Å². The Kier molecular flexibility index (Phi) is 3.71. The van der Waals surface area contributed by atoms with Gasteiger partial charge in [0, 0.05) is 6.20 Å². The Morgan fingerprint density at radius 1 is 1.62 bits per heavy atom. The van der Waals surface area contributed by atoms with Crippen LogP contribution < -0.4 is 0 Å². The number of pyridine rings is 1. The van der Waals surface area contributed by atoms with Gasteiger partial charge in [-0.3, -0.25) is 4.98 Å². The van der Waals surface area contributed by atoms with E-state index in [4.69, 9.17) is 16.3 Å². The Balaban J connectivity index is 2.74. The number of halogens is 1. The van der Waals surface area contributed by atoms with Crippen LogP contribution in [0.15, 0.2) is 18.3 Å². The first-order valence-electron chi connectivity index (χ1n) is 3.96. The van der Waals surface area contributed by atoms with Gasteiger partial charge in [0.1, 0.15) is 0 Å². The third kappa shape index (κ3) is 2.70. The minimum absolute atomic E-state index is 0.350. The summed E-state index contributed by atoms with van der Waals surface area (Å²) in [5.74, 6) is -0.000510. The summed E-state index contributed by atoms with van der Waals surface area (Å²) in [7, 11) is 0. The minimum Gasteiger partial charge on any atom is -0.462 e. The first kappa shape index (κ1) is 9.99. The van der Waals surface area contributed by atoms with E-state index >= 15 is 0 Å². The predicted octanol–water partition coefficient (Wildman–Crippen LogP) is 2.00. The molecule has 0 spiro atoms. The molecule has 0 aliphatic carbocycles. The molecular formula is C9H10ClNO2. The number of hydrogen-bond acceptors (Lipinski definition) is 3. The summed E-state index contributed by atoms with van der Waals surface area (Å²) in [6.45, 7) is 2.13. The molecule has 3 nitrogen and oxygen atoms in total. The molecule has 0 amide bonds. The molecule has 1 aromatic rings. The van der Waals surface area contributed by atoms with Gasteiger partial charge >= 0.3 is 5.97 Å². The molecule has 0 atom stereocenters. The number of nitrogens with zero attached hydrogens (tertiary/aromatic N) is 1. The number of carbonyl (C=O) groups is 1. The molecule has 0 radical (unpaired) electrons. The fourth-order valence-corrected chi connectivity index (χ4v) is 0.997. The standard InChI is InChI=1S/C9H10ClNO2/c1-2-13-9(12)7-3-4-8(5-10)11-6-7/h3-4,6H,2,5H2,1H3. The van der Waals surface area contributed by atoms with E-state index in [2.05, 4.69) is 4.98 Å². The third-order valence-electron chi connectivity index (χ3n) is 1.47. The molecule has 1 heterocycles. The normalized spacial score (nSPS) is 9.69. The van der Waals surface area contributed by atoms with Gasteiger partial charge in [0.2, 0.25) is 0 Å². The molecule has 0 bridgehead atoms. The van der Waals surface area contributed by atoms with E-state index in [9.17, 15) is 4.79 Å². The Morgan fingerprint density at radius 3 is 2.85 bits per heavy atom. The van der Waals surface area contributed by atoms with Crippen LogP contribution in [0.3, 0.4) is 0 Å². The summed E-state index contributed by atoms with van der Waals surface area (Å²) in [6, 6.07) is 3.36. The zero-order valence-corrected chi connectivity index (χ0v) is 8.04. The van der Waals surface area contributed by atoms with Crippen LogP contribution in [0.2, 0.25) is 0 Å². The van der Waals surface area contributed by atoms with Crippen molar-refractivity contribution in [2.75, 3.05) is 6.61 Å².